The van der Waals surface area contributed by atoms with Gasteiger partial charge in [-0.1, -0.05) is 29.8 Å². The van der Waals surface area contributed by atoms with Crippen molar-refractivity contribution in [2.24, 2.45) is 5.92 Å². The smallest absolute Gasteiger partial charge is 0.124 e. The Kier molecular flexibility index (Phi) is 5.86. The van der Waals surface area contributed by atoms with Gasteiger partial charge >= 0.3 is 0 Å². The molecule has 0 saturated carbocycles. The fourth-order valence-corrected chi connectivity index (χ4v) is 2.97. The van der Waals surface area contributed by atoms with Crippen molar-refractivity contribution in [3.63, 3.8) is 0 Å². The van der Waals surface area contributed by atoms with Crippen LogP contribution in [0.15, 0.2) is 54.9 Å². The van der Waals surface area contributed by atoms with Crippen LogP contribution in [0.25, 0.3) is 0 Å². The van der Waals surface area contributed by atoms with Gasteiger partial charge in [0, 0.05) is 53.7 Å². The fraction of sp³-hybridized carbons (Fsp3) is 0.316. The molecule has 5 heteroatoms. The molecule has 24 heavy (non-hydrogen) atoms. The van der Waals surface area contributed by atoms with Crippen molar-refractivity contribution >= 4 is 11.6 Å². The Balaban J connectivity index is 1.62. The van der Waals surface area contributed by atoms with Crippen LogP contribution in [0.4, 0.5) is 0 Å². The first-order valence-corrected chi connectivity index (χ1v) is 8.45. The van der Waals surface area contributed by atoms with E-state index in [1.54, 1.807) is 12.4 Å². The Morgan fingerprint density at radius 3 is 2.96 bits per heavy atom. The molecule has 3 rings (SSSR count). The molecule has 126 valence electrons. The van der Waals surface area contributed by atoms with Gasteiger partial charge in [-0.15, -0.1) is 0 Å². The van der Waals surface area contributed by atoms with Gasteiger partial charge in [0.25, 0.3) is 0 Å². The van der Waals surface area contributed by atoms with Gasteiger partial charge in [0.1, 0.15) is 12.4 Å². The lowest BCUT2D eigenvalue weighted by Gasteiger charge is -2.16. The second-order valence-electron chi connectivity index (χ2n) is 5.95. The number of nitrogens with zero attached hydrogens (tertiary/aromatic N) is 1. The van der Waals surface area contributed by atoms with E-state index >= 15 is 0 Å². The summed E-state index contributed by atoms with van der Waals surface area (Å²) in [5, 5.41) is 13.4. The van der Waals surface area contributed by atoms with Crippen LogP contribution in [-0.2, 0) is 13.2 Å². The molecule has 0 bridgehead atoms. The minimum absolute atomic E-state index is 0.200. The number of pyridine rings is 1. The largest absolute Gasteiger partial charge is 0.489 e. The molecule has 0 fully saturated rings. The van der Waals surface area contributed by atoms with Crippen LogP contribution in [0, 0.1) is 5.92 Å². The van der Waals surface area contributed by atoms with Crippen LogP contribution in [0.5, 0.6) is 5.75 Å². The molecule has 2 atom stereocenters. The van der Waals surface area contributed by atoms with E-state index in [-0.39, 0.29) is 18.6 Å². The molecular weight excluding hydrogens is 324 g/mol. The number of aromatic nitrogens is 1. The van der Waals surface area contributed by atoms with Gasteiger partial charge in [-0.05, 0) is 30.7 Å². The molecule has 2 N–H and O–H groups in total. The molecule has 0 saturated heterocycles. The quantitative estimate of drug-likeness (QED) is 0.756. The maximum Gasteiger partial charge on any atom is 0.124 e. The number of hydrogen-bond donors (Lipinski definition) is 2. The van der Waals surface area contributed by atoms with E-state index in [0.29, 0.717) is 18.2 Å². The highest BCUT2D eigenvalue weighted by atomic mass is 35.5. The zero-order valence-electron chi connectivity index (χ0n) is 13.4. The van der Waals surface area contributed by atoms with Crippen LogP contribution in [0.3, 0.4) is 0 Å². The predicted molar refractivity (Wildman–Crippen MR) is 95.0 cm³/mol. The maximum atomic E-state index is 9.21. The normalized spacial score (nSPS) is 19.6. The second-order valence-corrected chi connectivity index (χ2v) is 6.39. The molecular formula is C19H21ClN2O2. The molecule has 0 radical (unpaired) electrons. The van der Waals surface area contributed by atoms with Crippen molar-refractivity contribution in [2.75, 3.05) is 6.61 Å². The predicted octanol–water partition coefficient (Wildman–Crippen LogP) is 3.34. The van der Waals surface area contributed by atoms with Crippen molar-refractivity contribution in [1.29, 1.82) is 0 Å². The lowest BCUT2D eigenvalue weighted by molar-refractivity contribution is 0.246. The number of hydrogen-bond acceptors (Lipinski definition) is 4. The number of nitrogens with one attached hydrogen (secondary N) is 1. The van der Waals surface area contributed by atoms with E-state index in [1.165, 1.54) is 0 Å². The number of aliphatic hydroxyl groups excluding tert-OH is 1. The second kappa shape index (κ2) is 8.29. The summed E-state index contributed by atoms with van der Waals surface area (Å²) in [6, 6.07) is 9.81. The Bertz CT molecular complexity index is 691. The summed E-state index contributed by atoms with van der Waals surface area (Å²) < 4.78 is 5.94. The summed E-state index contributed by atoms with van der Waals surface area (Å²) in [6.45, 7) is 1.33. The van der Waals surface area contributed by atoms with E-state index in [0.717, 1.165) is 23.3 Å². The minimum atomic E-state index is 0.200. The van der Waals surface area contributed by atoms with Crippen molar-refractivity contribution in [3.05, 3.63) is 71.0 Å². The maximum absolute atomic E-state index is 9.21. The number of aliphatic hydroxyl groups is 1. The molecule has 1 aromatic carbocycles. The first-order chi connectivity index (χ1) is 11.7. The zero-order chi connectivity index (χ0) is 16.8. The molecule has 2 aromatic rings. The average molecular weight is 345 g/mol. The van der Waals surface area contributed by atoms with Crippen molar-refractivity contribution in [2.45, 2.75) is 25.6 Å². The highest BCUT2D eigenvalue weighted by molar-refractivity contribution is 6.30. The van der Waals surface area contributed by atoms with Crippen molar-refractivity contribution in [1.82, 2.24) is 10.3 Å². The molecule has 4 nitrogen and oxygen atoms in total. The number of ether oxygens (including phenoxy) is 1. The summed E-state index contributed by atoms with van der Waals surface area (Å²) in [6.07, 6.45) is 8.64. The van der Waals surface area contributed by atoms with Gasteiger partial charge in [0.15, 0.2) is 0 Å². The molecule has 1 heterocycles. The number of benzene rings is 1. The van der Waals surface area contributed by atoms with Crippen LogP contribution in [-0.4, -0.2) is 22.7 Å². The third-order valence-electron chi connectivity index (χ3n) is 4.10. The standard InChI is InChI=1S/C19H21ClN2O2/c20-17-4-6-19(24-13-15-2-1-7-21-10-15)16(9-17)11-22-18-5-3-14(8-18)12-23/h1-7,9-10,14,18,22-23H,8,11-13H2/t14-,18+/m0/s1. The van der Waals surface area contributed by atoms with Crippen molar-refractivity contribution in [3.8, 4) is 5.75 Å². The average Bonchev–Trinajstić information content (AvgIpc) is 3.08. The molecule has 0 amide bonds. The van der Waals surface area contributed by atoms with E-state index in [1.807, 2.05) is 30.3 Å². The van der Waals surface area contributed by atoms with E-state index in [2.05, 4.69) is 22.5 Å². The Morgan fingerprint density at radius 2 is 2.21 bits per heavy atom. The topological polar surface area (TPSA) is 54.4 Å². The van der Waals surface area contributed by atoms with Gasteiger partial charge in [-0.3, -0.25) is 4.98 Å². The molecule has 0 aliphatic heterocycles. The van der Waals surface area contributed by atoms with Crippen LogP contribution < -0.4 is 10.1 Å². The monoisotopic (exact) mass is 344 g/mol. The minimum Gasteiger partial charge on any atom is -0.489 e. The summed E-state index contributed by atoms with van der Waals surface area (Å²) >= 11 is 6.13. The Labute approximate surface area is 147 Å². The third-order valence-corrected chi connectivity index (χ3v) is 4.34. The van der Waals surface area contributed by atoms with Gasteiger partial charge in [-0.2, -0.15) is 0 Å². The summed E-state index contributed by atoms with van der Waals surface area (Å²) in [5.74, 6) is 1.07. The first-order valence-electron chi connectivity index (χ1n) is 8.07. The summed E-state index contributed by atoms with van der Waals surface area (Å²) in [7, 11) is 0. The van der Waals surface area contributed by atoms with E-state index < -0.39 is 0 Å². The van der Waals surface area contributed by atoms with Gasteiger partial charge in [-0.25, -0.2) is 0 Å². The first kappa shape index (κ1) is 17.0. The third kappa shape index (κ3) is 4.57. The summed E-state index contributed by atoms with van der Waals surface area (Å²) in [5.41, 5.74) is 2.04. The molecule has 0 spiro atoms. The fourth-order valence-electron chi connectivity index (χ4n) is 2.77. The highest BCUT2D eigenvalue weighted by Crippen LogP contribution is 2.25. The van der Waals surface area contributed by atoms with E-state index in [4.69, 9.17) is 16.3 Å². The molecule has 1 aliphatic rings. The van der Waals surface area contributed by atoms with Crippen LogP contribution in [0.2, 0.25) is 5.02 Å². The van der Waals surface area contributed by atoms with Gasteiger partial charge in [0.05, 0.1) is 0 Å². The number of halogens is 1. The van der Waals surface area contributed by atoms with E-state index in [9.17, 15) is 5.11 Å². The molecule has 0 unspecified atom stereocenters. The summed E-state index contributed by atoms with van der Waals surface area (Å²) in [4.78, 5) is 4.10. The lowest BCUT2D eigenvalue weighted by Crippen LogP contribution is -2.26. The molecule has 1 aromatic heterocycles. The van der Waals surface area contributed by atoms with Crippen LogP contribution >= 0.6 is 11.6 Å². The SMILES string of the molecule is OC[C@H]1C=C[C@@H](NCc2cc(Cl)ccc2OCc2cccnc2)C1. The van der Waals surface area contributed by atoms with Gasteiger partial charge in [0.2, 0.25) is 0 Å². The van der Waals surface area contributed by atoms with Crippen molar-refractivity contribution < 1.29 is 9.84 Å². The van der Waals surface area contributed by atoms with Crippen LogP contribution in [0.1, 0.15) is 17.5 Å². The highest BCUT2D eigenvalue weighted by Gasteiger charge is 2.18. The van der Waals surface area contributed by atoms with Gasteiger partial charge < -0.3 is 15.2 Å². The molecule has 1 aliphatic carbocycles. The zero-order valence-corrected chi connectivity index (χ0v) is 14.1. The number of rotatable bonds is 7. The lowest BCUT2D eigenvalue weighted by atomic mass is 10.1. The Hall–Kier alpha value is -1.88. The Morgan fingerprint density at radius 1 is 1.29 bits per heavy atom.